The topological polar surface area (TPSA) is 64.0 Å². The van der Waals surface area contributed by atoms with Crippen molar-refractivity contribution >= 4 is 5.91 Å². The number of hydrogen-bond acceptors (Lipinski definition) is 3. The fraction of sp³-hybridized carbons (Fsp3) is 0.444. The zero-order valence-electron chi connectivity index (χ0n) is 8.28. The molecular weight excluding hydrogens is 182 g/mol. The molecule has 1 N–H and O–H groups in total. The molecule has 1 aromatic rings. The molecule has 1 aromatic heterocycles. The van der Waals surface area contributed by atoms with Gasteiger partial charge in [-0.25, -0.2) is 4.68 Å². The average molecular weight is 195 g/mol. The first kappa shape index (κ1) is 10.4. The van der Waals surface area contributed by atoms with E-state index in [9.17, 15) is 9.59 Å². The predicted octanol–water partition coefficient (Wildman–Crippen LogP) is 0.0129. The highest BCUT2D eigenvalue weighted by atomic mass is 16.2. The van der Waals surface area contributed by atoms with Crippen LogP contribution in [0, 0.1) is 0 Å². The van der Waals surface area contributed by atoms with E-state index in [0.29, 0.717) is 13.1 Å². The van der Waals surface area contributed by atoms with Gasteiger partial charge in [-0.2, -0.15) is 5.10 Å². The van der Waals surface area contributed by atoms with Gasteiger partial charge in [0.25, 0.3) is 11.5 Å². The van der Waals surface area contributed by atoms with Crippen molar-refractivity contribution < 1.29 is 4.79 Å². The van der Waals surface area contributed by atoms with E-state index in [1.807, 2.05) is 6.92 Å². The summed E-state index contributed by atoms with van der Waals surface area (Å²) in [5.74, 6) is -0.255. The van der Waals surface area contributed by atoms with Crippen LogP contribution in [0.25, 0.3) is 0 Å². The fourth-order valence-electron chi connectivity index (χ4n) is 1.05. The van der Waals surface area contributed by atoms with Gasteiger partial charge in [0.2, 0.25) is 0 Å². The Kier molecular flexibility index (Phi) is 3.39. The van der Waals surface area contributed by atoms with E-state index in [0.717, 1.165) is 0 Å². The average Bonchev–Trinajstić information content (AvgIpc) is 2.19. The number of carbonyl (C=O) groups is 1. The van der Waals surface area contributed by atoms with Crippen LogP contribution in [0.2, 0.25) is 0 Å². The first-order valence-corrected chi connectivity index (χ1v) is 4.55. The van der Waals surface area contributed by atoms with Crippen molar-refractivity contribution in [1.82, 2.24) is 15.1 Å². The molecule has 0 saturated heterocycles. The molecule has 0 radical (unpaired) electrons. The molecule has 5 heteroatoms. The third kappa shape index (κ3) is 2.18. The lowest BCUT2D eigenvalue weighted by Crippen LogP contribution is -2.29. The number of nitrogens with one attached hydrogen (secondary N) is 1. The van der Waals surface area contributed by atoms with E-state index >= 15 is 0 Å². The Hall–Kier alpha value is -1.65. The molecule has 0 atom stereocenters. The van der Waals surface area contributed by atoms with Crippen molar-refractivity contribution in [3.63, 3.8) is 0 Å². The van der Waals surface area contributed by atoms with E-state index in [1.54, 1.807) is 6.92 Å². The maximum absolute atomic E-state index is 11.3. The number of rotatable bonds is 3. The summed E-state index contributed by atoms with van der Waals surface area (Å²) in [7, 11) is 0. The monoisotopic (exact) mass is 195 g/mol. The van der Waals surface area contributed by atoms with Crippen LogP contribution in [0.15, 0.2) is 16.9 Å². The highest BCUT2D eigenvalue weighted by Gasteiger charge is 2.06. The number of amides is 1. The molecule has 1 rings (SSSR count). The Labute approximate surface area is 81.7 Å². The largest absolute Gasteiger partial charge is 0.351 e. The summed E-state index contributed by atoms with van der Waals surface area (Å²) in [6.07, 6.45) is 0. The number of aryl methyl sites for hydroxylation is 1. The highest BCUT2D eigenvalue weighted by Crippen LogP contribution is 1.89. The molecule has 1 amide bonds. The lowest BCUT2D eigenvalue weighted by atomic mass is 10.3. The minimum atomic E-state index is -0.255. The molecule has 0 aromatic carbocycles. The molecule has 0 bridgehead atoms. The van der Waals surface area contributed by atoms with Crippen LogP contribution in [0.3, 0.4) is 0 Å². The van der Waals surface area contributed by atoms with Gasteiger partial charge in [-0.1, -0.05) is 0 Å². The number of nitrogens with zero attached hydrogens (tertiary/aromatic N) is 2. The summed E-state index contributed by atoms with van der Waals surface area (Å²) in [5, 5.41) is 6.52. The van der Waals surface area contributed by atoms with Gasteiger partial charge in [0.05, 0.1) is 0 Å². The molecular formula is C9H13N3O2. The molecule has 0 unspecified atom stereocenters. The maximum Gasteiger partial charge on any atom is 0.271 e. The Morgan fingerprint density at radius 1 is 1.50 bits per heavy atom. The standard InChI is InChI=1S/C9H13N3O2/c1-3-10-9(14)7-5-6-8(13)12(4-2)11-7/h5-6H,3-4H2,1-2H3,(H,10,14). The summed E-state index contributed by atoms with van der Waals surface area (Å²) in [6, 6.07) is 2.78. The number of aromatic nitrogens is 2. The summed E-state index contributed by atoms with van der Waals surface area (Å²) < 4.78 is 1.25. The Morgan fingerprint density at radius 3 is 2.79 bits per heavy atom. The van der Waals surface area contributed by atoms with Crippen LogP contribution in [-0.4, -0.2) is 22.2 Å². The Bertz CT molecular complexity index is 384. The van der Waals surface area contributed by atoms with E-state index < -0.39 is 0 Å². The number of carbonyl (C=O) groups excluding carboxylic acids is 1. The molecule has 5 nitrogen and oxygen atoms in total. The Balaban J connectivity index is 3.00. The third-order valence-corrected chi connectivity index (χ3v) is 1.74. The molecule has 0 saturated carbocycles. The van der Waals surface area contributed by atoms with Crippen LogP contribution in [0.5, 0.6) is 0 Å². The fourth-order valence-corrected chi connectivity index (χ4v) is 1.05. The quantitative estimate of drug-likeness (QED) is 0.739. The van der Waals surface area contributed by atoms with Crippen LogP contribution < -0.4 is 10.9 Å². The first-order chi connectivity index (χ1) is 6.69. The molecule has 0 fully saturated rings. The second kappa shape index (κ2) is 4.55. The molecule has 0 spiro atoms. The van der Waals surface area contributed by atoms with Crippen LogP contribution in [0.1, 0.15) is 24.3 Å². The minimum absolute atomic E-state index is 0.194. The van der Waals surface area contributed by atoms with Crippen LogP contribution in [0.4, 0.5) is 0 Å². The van der Waals surface area contributed by atoms with Gasteiger partial charge in [-0.3, -0.25) is 9.59 Å². The van der Waals surface area contributed by atoms with Gasteiger partial charge < -0.3 is 5.32 Å². The van der Waals surface area contributed by atoms with Gasteiger partial charge in [-0.15, -0.1) is 0 Å². The van der Waals surface area contributed by atoms with E-state index in [2.05, 4.69) is 10.4 Å². The molecule has 0 aliphatic carbocycles. The van der Waals surface area contributed by atoms with Crippen molar-refractivity contribution in [3.05, 3.63) is 28.2 Å². The van der Waals surface area contributed by atoms with E-state index in [-0.39, 0.29) is 17.2 Å². The van der Waals surface area contributed by atoms with Crippen molar-refractivity contribution in [1.29, 1.82) is 0 Å². The second-order valence-corrected chi connectivity index (χ2v) is 2.73. The zero-order chi connectivity index (χ0) is 10.6. The summed E-state index contributed by atoms with van der Waals surface area (Å²) in [6.45, 7) is 4.64. The van der Waals surface area contributed by atoms with E-state index in [1.165, 1.54) is 16.8 Å². The maximum atomic E-state index is 11.3. The lowest BCUT2D eigenvalue weighted by Gasteiger charge is -2.03. The molecule has 76 valence electrons. The summed E-state index contributed by atoms with van der Waals surface area (Å²) in [5.41, 5.74) is 0.0776. The lowest BCUT2D eigenvalue weighted by molar-refractivity contribution is 0.0948. The smallest absolute Gasteiger partial charge is 0.271 e. The minimum Gasteiger partial charge on any atom is -0.351 e. The van der Waals surface area contributed by atoms with Gasteiger partial charge in [0, 0.05) is 19.2 Å². The van der Waals surface area contributed by atoms with Crippen LogP contribution >= 0.6 is 0 Å². The molecule has 0 aliphatic heterocycles. The van der Waals surface area contributed by atoms with Crippen molar-refractivity contribution in [2.75, 3.05) is 6.54 Å². The highest BCUT2D eigenvalue weighted by molar-refractivity contribution is 5.91. The SMILES string of the molecule is CCNC(=O)c1ccc(=O)n(CC)n1. The number of hydrogen-bond donors (Lipinski definition) is 1. The van der Waals surface area contributed by atoms with Crippen molar-refractivity contribution in [3.8, 4) is 0 Å². The van der Waals surface area contributed by atoms with Crippen LogP contribution in [-0.2, 0) is 6.54 Å². The van der Waals surface area contributed by atoms with Gasteiger partial charge in [-0.05, 0) is 19.9 Å². The van der Waals surface area contributed by atoms with Crippen molar-refractivity contribution in [2.24, 2.45) is 0 Å². The van der Waals surface area contributed by atoms with Gasteiger partial charge in [0.15, 0.2) is 0 Å². The van der Waals surface area contributed by atoms with Gasteiger partial charge >= 0.3 is 0 Å². The predicted molar refractivity (Wildman–Crippen MR) is 52.2 cm³/mol. The van der Waals surface area contributed by atoms with Gasteiger partial charge in [0.1, 0.15) is 5.69 Å². The molecule has 1 heterocycles. The van der Waals surface area contributed by atoms with Crippen molar-refractivity contribution in [2.45, 2.75) is 20.4 Å². The summed E-state index contributed by atoms with van der Waals surface area (Å²) >= 11 is 0. The van der Waals surface area contributed by atoms with E-state index in [4.69, 9.17) is 0 Å². The summed E-state index contributed by atoms with van der Waals surface area (Å²) in [4.78, 5) is 22.5. The second-order valence-electron chi connectivity index (χ2n) is 2.73. The molecule has 14 heavy (non-hydrogen) atoms. The first-order valence-electron chi connectivity index (χ1n) is 4.55. The Morgan fingerprint density at radius 2 is 2.21 bits per heavy atom. The molecule has 0 aliphatic rings. The third-order valence-electron chi connectivity index (χ3n) is 1.74. The zero-order valence-corrected chi connectivity index (χ0v) is 8.28. The normalized spacial score (nSPS) is 9.86.